The van der Waals surface area contributed by atoms with Gasteiger partial charge >= 0.3 is 5.97 Å². The Kier molecular flexibility index (Phi) is 7.62. The lowest BCUT2D eigenvalue weighted by atomic mass is 9.60. The van der Waals surface area contributed by atoms with Gasteiger partial charge in [-0.25, -0.2) is 4.39 Å². The van der Waals surface area contributed by atoms with Crippen LogP contribution < -0.4 is 0 Å². The monoisotopic (exact) mass is 464 g/mol. The highest BCUT2D eigenvalue weighted by molar-refractivity contribution is 5.74. The second kappa shape index (κ2) is 9.63. The highest BCUT2D eigenvalue weighted by Crippen LogP contribution is 2.61. The van der Waals surface area contributed by atoms with E-state index in [1.54, 1.807) is 6.92 Å². The molecule has 0 radical (unpaired) electrons. The van der Waals surface area contributed by atoms with Gasteiger partial charge in [-0.1, -0.05) is 36.3 Å². The van der Waals surface area contributed by atoms with Crippen LogP contribution in [0.3, 0.4) is 0 Å². The van der Waals surface area contributed by atoms with Gasteiger partial charge in [0, 0.05) is 5.92 Å². The third-order valence-electron chi connectivity index (χ3n) is 8.61. The summed E-state index contributed by atoms with van der Waals surface area (Å²) in [6, 6.07) is 0. The minimum absolute atomic E-state index is 0.213. The number of carboxylic acids is 1. The highest BCUT2D eigenvalue weighted by atomic mass is 19.1. The molecule has 0 aliphatic heterocycles. The number of allylic oxidation sites excluding steroid dienone is 4. The smallest absolute Gasteiger partial charge is 0.312 e. The lowest BCUT2D eigenvalue weighted by Gasteiger charge is -2.45. The largest absolute Gasteiger partial charge is 0.481 e. The number of carbonyl (C=O) groups is 1. The van der Waals surface area contributed by atoms with Crippen LogP contribution in [-0.2, 0) is 4.79 Å². The molecule has 0 saturated heterocycles. The van der Waals surface area contributed by atoms with Crippen molar-refractivity contribution in [3.05, 3.63) is 35.5 Å². The fraction of sp³-hybridized carbons (Fsp3) is 0.741. The van der Waals surface area contributed by atoms with E-state index in [2.05, 4.69) is 19.1 Å². The molecule has 6 heteroatoms. The van der Waals surface area contributed by atoms with E-state index in [1.165, 1.54) is 31.6 Å². The molecule has 0 aromatic carbocycles. The highest BCUT2D eigenvalue weighted by Gasteiger charge is 2.55. The van der Waals surface area contributed by atoms with Crippen LogP contribution in [-0.4, -0.2) is 50.4 Å². The molecule has 3 aliphatic carbocycles. The molecule has 0 unspecified atom stereocenters. The van der Waals surface area contributed by atoms with Gasteiger partial charge in [-0.15, -0.1) is 0 Å². The summed E-state index contributed by atoms with van der Waals surface area (Å²) in [5, 5.41) is 39.6. The zero-order chi connectivity index (χ0) is 24.6. The first kappa shape index (κ1) is 26.1. The van der Waals surface area contributed by atoms with Crippen molar-refractivity contribution in [2.24, 2.45) is 22.7 Å². The zero-order valence-electron chi connectivity index (χ0n) is 20.4. The minimum Gasteiger partial charge on any atom is -0.481 e. The summed E-state index contributed by atoms with van der Waals surface area (Å²) in [4.78, 5) is 11.4. The molecule has 7 atom stereocenters. The number of hydrogen-bond donors (Lipinski definition) is 4. The molecule has 0 spiro atoms. The lowest BCUT2D eigenvalue weighted by Crippen LogP contribution is -2.42. The topological polar surface area (TPSA) is 98.0 Å². The maximum atomic E-state index is 16.0. The van der Waals surface area contributed by atoms with Gasteiger partial charge in [-0.2, -0.15) is 0 Å². The maximum Gasteiger partial charge on any atom is 0.312 e. The fourth-order valence-corrected chi connectivity index (χ4v) is 6.46. The van der Waals surface area contributed by atoms with Gasteiger partial charge in [0.2, 0.25) is 0 Å². The predicted octanol–water partition coefficient (Wildman–Crippen LogP) is 4.72. The van der Waals surface area contributed by atoms with Crippen LogP contribution in [0, 0.1) is 22.7 Å². The molecular formula is C27H41FO5. The Labute approximate surface area is 197 Å². The molecule has 4 N–H and O–H groups in total. The van der Waals surface area contributed by atoms with E-state index in [4.69, 9.17) is 0 Å². The Morgan fingerprint density at radius 3 is 2.39 bits per heavy atom. The van der Waals surface area contributed by atoms with Gasteiger partial charge in [-0.3, -0.25) is 4.79 Å². The van der Waals surface area contributed by atoms with Crippen molar-refractivity contribution in [3.63, 3.8) is 0 Å². The Morgan fingerprint density at radius 1 is 1.15 bits per heavy atom. The van der Waals surface area contributed by atoms with Crippen LogP contribution in [0.15, 0.2) is 35.5 Å². The minimum atomic E-state index is -1.66. The van der Waals surface area contributed by atoms with Crippen LogP contribution in [0.1, 0.15) is 79.1 Å². The van der Waals surface area contributed by atoms with Crippen molar-refractivity contribution in [3.8, 4) is 0 Å². The number of fused-ring (bicyclic) bond motifs is 1. The number of hydrogen-bond acceptors (Lipinski definition) is 4. The van der Waals surface area contributed by atoms with Crippen molar-refractivity contribution in [2.45, 2.75) is 103 Å². The molecule has 33 heavy (non-hydrogen) atoms. The summed E-state index contributed by atoms with van der Waals surface area (Å²) >= 11 is 0. The standard InChI is InChI=1S/C27H41FO5/c1-25(2,24(32)33)23(31)11-13-27(4,28)22-10-9-21-18(6-5-12-26(21,22)3)8-7-17-14-19(29)16-20(30)15-17/h7-8,11,13,19-23,29-31H,5-6,9-10,12,14-16H2,1-4H3,(H,32,33)/b13-11+,18-8+/t19-,20-,21+,22+,23+,26+,27+/m1/s1. The molecule has 0 aromatic rings. The molecule has 3 saturated carbocycles. The number of carboxylic acid groups (broad SMARTS) is 1. The van der Waals surface area contributed by atoms with Gasteiger partial charge in [-0.05, 0) is 89.5 Å². The molecule has 3 aliphatic rings. The van der Waals surface area contributed by atoms with Crippen LogP contribution in [0.4, 0.5) is 4.39 Å². The first-order valence-corrected chi connectivity index (χ1v) is 12.3. The number of halogens is 1. The second-order valence-corrected chi connectivity index (χ2v) is 11.5. The van der Waals surface area contributed by atoms with E-state index in [0.29, 0.717) is 19.3 Å². The van der Waals surface area contributed by atoms with E-state index in [0.717, 1.165) is 37.7 Å². The van der Waals surface area contributed by atoms with Gasteiger partial charge in [0.15, 0.2) is 0 Å². The van der Waals surface area contributed by atoms with E-state index < -0.39 is 35.4 Å². The Hall–Kier alpha value is -1.50. The average Bonchev–Trinajstić information content (AvgIpc) is 3.08. The van der Waals surface area contributed by atoms with Gasteiger partial charge in [0.1, 0.15) is 5.67 Å². The molecule has 3 fully saturated rings. The fourth-order valence-electron chi connectivity index (χ4n) is 6.46. The summed E-state index contributed by atoms with van der Waals surface area (Å²) in [7, 11) is 0. The van der Waals surface area contributed by atoms with Crippen molar-refractivity contribution in [1.29, 1.82) is 0 Å². The number of aliphatic hydroxyl groups is 3. The maximum absolute atomic E-state index is 16.0. The third kappa shape index (κ3) is 5.44. The van der Waals surface area contributed by atoms with E-state index >= 15 is 4.39 Å². The summed E-state index contributed by atoms with van der Waals surface area (Å²) in [5.74, 6) is -1.07. The van der Waals surface area contributed by atoms with Gasteiger partial charge < -0.3 is 20.4 Å². The second-order valence-electron chi connectivity index (χ2n) is 11.5. The lowest BCUT2D eigenvalue weighted by molar-refractivity contribution is -0.151. The summed E-state index contributed by atoms with van der Waals surface area (Å²) in [5.41, 5.74) is -0.875. The van der Waals surface area contributed by atoms with Crippen LogP contribution >= 0.6 is 0 Å². The van der Waals surface area contributed by atoms with E-state index in [9.17, 15) is 25.2 Å². The van der Waals surface area contributed by atoms with Crippen LogP contribution in [0.5, 0.6) is 0 Å². The van der Waals surface area contributed by atoms with Crippen molar-refractivity contribution < 1.29 is 29.6 Å². The normalized spacial score (nSPS) is 37.1. The van der Waals surface area contributed by atoms with Crippen molar-refractivity contribution >= 4 is 5.97 Å². The van der Waals surface area contributed by atoms with Crippen LogP contribution in [0.25, 0.3) is 0 Å². The van der Waals surface area contributed by atoms with E-state index in [1.807, 2.05) is 0 Å². The SMILES string of the molecule is CC(C)(C(=O)O)[C@@H](O)/C=C/[C@](C)(F)[C@H]1CC[C@H]2/C(=C/C=C3C[C@@H](O)C[C@H](O)C3)CCC[C@@]21C. The average molecular weight is 465 g/mol. The first-order chi connectivity index (χ1) is 15.3. The summed E-state index contributed by atoms with van der Waals surface area (Å²) in [6.45, 7) is 6.59. The first-order valence-electron chi connectivity index (χ1n) is 12.3. The molecular weight excluding hydrogens is 423 g/mol. The zero-order valence-corrected chi connectivity index (χ0v) is 20.4. The molecule has 0 heterocycles. The molecule has 0 bridgehead atoms. The Bertz CT molecular complexity index is 814. The Morgan fingerprint density at radius 2 is 1.79 bits per heavy atom. The Balaban J connectivity index is 1.78. The molecule has 0 amide bonds. The quantitative estimate of drug-likeness (QED) is 0.427. The molecule has 5 nitrogen and oxygen atoms in total. The van der Waals surface area contributed by atoms with Gasteiger partial charge in [0.05, 0.1) is 23.7 Å². The number of aliphatic carboxylic acids is 1. The number of rotatable bonds is 6. The van der Waals surface area contributed by atoms with Gasteiger partial charge in [0.25, 0.3) is 0 Å². The number of aliphatic hydroxyl groups excluding tert-OH is 3. The third-order valence-corrected chi connectivity index (χ3v) is 8.61. The molecule has 0 aromatic heterocycles. The molecule has 186 valence electrons. The van der Waals surface area contributed by atoms with Crippen molar-refractivity contribution in [1.82, 2.24) is 0 Å². The van der Waals surface area contributed by atoms with E-state index in [-0.39, 0.29) is 17.3 Å². The predicted molar refractivity (Wildman–Crippen MR) is 126 cm³/mol. The van der Waals surface area contributed by atoms with Crippen molar-refractivity contribution in [2.75, 3.05) is 0 Å². The summed E-state index contributed by atoms with van der Waals surface area (Å²) in [6.07, 6.45) is 10.8. The van der Waals surface area contributed by atoms with Crippen LogP contribution in [0.2, 0.25) is 0 Å². The summed E-state index contributed by atoms with van der Waals surface area (Å²) < 4.78 is 16.0. The number of alkyl halides is 1. The molecule has 3 rings (SSSR count).